The number of pyridine rings is 1. The van der Waals surface area contributed by atoms with E-state index in [1.807, 2.05) is 31.3 Å². The maximum Gasteiger partial charge on any atom is 0.189 e. The second-order valence-electron chi connectivity index (χ2n) is 7.17. The fourth-order valence-corrected chi connectivity index (χ4v) is 4.03. The molecule has 0 saturated carbocycles. The molecule has 0 atom stereocenters. The largest absolute Gasteiger partial charge is 0.348 e. The number of fused-ring (bicyclic) bond motifs is 1. The van der Waals surface area contributed by atoms with E-state index >= 15 is 0 Å². The van der Waals surface area contributed by atoms with Gasteiger partial charge >= 0.3 is 0 Å². The quantitative estimate of drug-likeness (QED) is 0.401. The topological polar surface area (TPSA) is 40.5 Å². The minimum Gasteiger partial charge on any atom is -0.348 e. The zero-order valence-corrected chi connectivity index (χ0v) is 16.8. The minimum absolute atomic E-state index is 0.616. The van der Waals surface area contributed by atoms with E-state index in [0.717, 1.165) is 48.1 Å². The van der Waals surface area contributed by atoms with Gasteiger partial charge in [-0.3, -0.25) is 10.4 Å². The van der Waals surface area contributed by atoms with Gasteiger partial charge < -0.3 is 4.90 Å². The first-order valence-corrected chi connectivity index (χ1v) is 10.1. The van der Waals surface area contributed by atoms with Crippen molar-refractivity contribution in [3.8, 4) is 0 Å². The Bertz CT molecular complexity index is 986. The van der Waals surface area contributed by atoms with E-state index in [2.05, 4.69) is 62.9 Å². The summed E-state index contributed by atoms with van der Waals surface area (Å²) in [5.74, 6) is 0.616. The molecule has 1 saturated heterocycles. The number of hydrogen-bond donors (Lipinski definition) is 1. The summed E-state index contributed by atoms with van der Waals surface area (Å²) in [7, 11) is 0. The molecule has 1 fully saturated rings. The van der Waals surface area contributed by atoms with Gasteiger partial charge in [0, 0.05) is 24.7 Å². The molecule has 4 rings (SSSR count). The highest BCUT2D eigenvalue weighted by atomic mass is 32.1. The highest BCUT2D eigenvalue weighted by Gasteiger charge is 2.21. The molecule has 0 amide bonds. The lowest BCUT2D eigenvalue weighted by Crippen LogP contribution is -2.42. The number of nitrogens with one attached hydrogen (secondary N) is 1. The third-order valence-electron chi connectivity index (χ3n) is 5.39. The van der Waals surface area contributed by atoms with Crippen molar-refractivity contribution in [3.05, 3.63) is 78.1 Å². The summed E-state index contributed by atoms with van der Waals surface area (Å²) in [5.41, 5.74) is 6.22. The molecule has 0 spiro atoms. The second-order valence-corrected chi connectivity index (χ2v) is 7.55. The van der Waals surface area contributed by atoms with Crippen LogP contribution in [0.3, 0.4) is 0 Å². The van der Waals surface area contributed by atoms with E-state index in [0.29, 0.717) is 11.0 Å². The third-order valence-corrected chi connectivity index (χ3v) is 5.74. The molecule has 1 aromatic heterocycles. The normalized spacial score (nSPS) is 15.6. The molecular formula is C23H24N4S. The fraction of sp³-hybridized carbons (Fsp3) is 0.261. The van der Waals surface area contributed by atoms with Crippen molar-refractivity contribution in [1.82, 2.24) is 15.3 Å². The van der Waals surface area contributed by atoms with Crippen LogP contribution >= 0.6 is 12.2 Å². The van der Waals surface area contributed by atoms with Gasteiger partial charge in [0.05, 0.1) is 11.4 Å². The highest BCUT2D eigenvalue weighted by Crippen LogP contribution is 2.27. The van der Waals surface area contributed by atoms with E-state index in [4.69, 9.17) is 12.2 Å². The van der Waals surface area contributed by atoms with Crippen molar-refractivity contribution in [1.29, 1.82) is 0 Å². The van der Waals surface area contributed by atoms with Crippen LogP contribution < -0.4 is 5.43 Å². The summed E-state index contributed by atoms with van der Waals surface area (Å²) in [6, 6.07) is 21.0. The van der Waals surface area contributed by atoms with Gasteiger partial charge in [0.2, 0.25) is 0 Å². The number of benzene rings is 2. The van der Waals surface area contributed by atoms with Crippen LogP contribution in [0, 0.1) is 0 Å². The number of nitrogens with zero attached hydrogens (tertiary/aromatic N) is 3. The number of likely N-dealkylation sites (tertiary alicyclic amines) is 1. The smallest absolute Gasteiger partial charge is 0.189 e. The van der Waals surface area contributed by atoms with Crippen molar-refractivity contribution >= 4 is 33.8 Å². The Kier molecular flexibility index (Phi) is 5.63. The zero-order chi connectivity index (χ0) is 19.3. The van der Waals surface area contributed by atoms with Gasteiger partial charge in [-0.2, -0.15) is 5.10 Å². The fourth-order valence-electron chi connectivity index (χ4n) is 3.80. The average Bonchev–Trinajstić information content (AvgIpc) is 2.77. The Morgan fingerprint density at radius 2 is 1.75 bits per heavy atom. The van der Waals surface area contributed by atoms with Gasteiger partial charge in [-0.25, -0.2) is 0 Å². The molecule has 4 nitrogen and oxygen atoms in total. The van der Waals surface area contributed by atoms with Crippen LogP contribution in [-0.2, 0) is 0 Å². The Morgan fingerprint density at radius 3 is 2.54 bits per heavy atom. The molecule has 0 unspecified atom stereocenters. The molecule has 1 aliphatic rings. The lowest BCUT2D eigenvalue weighted by atomic mass is 9.90. The Hall–Kier alpha value is -2.79. The lowest BCUT2D eigenvalue weighted by molar-refractivity contribution is 0.310. The van der Waals surface area contributed by atoms with E-state index in [1.54, 1.807) is 0 Å². The van der Waals surface area contributed by atoms with Crippen LogP contribution in [0.5, 0.6) is 0 Å². The molecule has 3 aromatic rings. The first-order chi connectivity index (χ1) is 13.7. The molecule has 142 valence electrons. The van der Waals surface area contributed by atoms with E-state index < -0.39 is 0 Å². The number of hydrogen-bond acceptors (Lipinski definition) is 3. The molecule has 28 heavy (non-hydrogen) atoms. The predicted molar refractivity (Wildman–Crippen MR) is 120 cm³/mol. The van der Waals surface area contributed by atoms with Crippen molar-refractivity contribution in [3.63, 3.8) is 0 Å². The summed E-state index contributed by atoms with van der Waals surface area (Å²) < 4.78 is 0. The number of rotatable bonds is 3. The Labute approximate surface area is 171 Å². The van der Waals surface area contributed by atoms with E-state index in [1.165, 1.54) is 5.56 Å². The van der Waals surface area contributed by atoms with E-state index in [9.17, 15) is 0 Å². The van der Waals surface area contributed by atoms with Crippen LogP contribution in [0.2, 0.25) is 0 Å². The van der Waals surface area contributed by atoms with Crippen LogP contribution in [-0.4, -0.2) is 33.8 Å². The Morgan fingerprint density at radius 1 is 1.04 bits per heavy atom. The number of aromatic nitrogens is 1. The first kappa shape index (κ1) is 18.6. The van der Waals surface area contributed by atoms with Crippen LogP contribution in [0.15, 0.2) is 72.0 Å². The van der Waals surface area contributed by atoms with Gasteiger partial charge in [-0.1, -0.05) is 54.6 Å². The minimum atomic E-state index is 0.616. The first-order valence-electron chi connectivity index (χ1n) is 9.70. The third kappa shape index (κ3) is 4.04. The SMILES string of the molecule is C/C(=N\NC(=S)N1CCC(c2ccccc2)CC1)c1nccc2ccccc12. The average molecular weight is 389 g/mol. The van der Waals surface area contributed by atoms with Gasteiger partial charge in [0.15, 0.2) is 5.11 Å². The van der Waals surface area contributed by atoms with Gasteiger partial charge in [-0.05, 0) is 54.9 Å². The van der Waals surface area contributed by atoms with E-state index in [-0.39, 0.29) is 0 Å². The lowest BCUT2D eigenvalue weighted by Gasteiger charge is -2.33. The van der Waals surface area contributed by atoms with Gasteiger partial charge in [-0.15, -0.1) is 0 Å². The van der Waals surface area contributed by atoms with Crippen molar-refractivity contribution in [2.75, 3.05) is 13.1 Å². The van der Waals surface area contributed by atoms with Crippen molar-refractivity contribution in [2.45, 2.75) is 25.7 Å². The molecular weight excluding hydrogens is 364 g/mol. The van der Waals surface area contributed by atoms with Gasteiger partial charge in [0.25, 0.3) is 0 Å². The molecule has 1 aliphatic heterocycles. The number of piperidine rings is 1. The maximum atomic E-state index is 5.58. The maximum absolute atomic E-state index is 5.58. The summed E-state index contributed by atoms with van der Waals surface area (Å²) in [6.45, 7) is 3.87. The summed E-state index contributed by atoms with van der Waals surface area (Å²) in [6.07, 6.45) is 4.04. The monoisotopic (exact) mass is 388 g/mol. The molecule has 0 aliphatic carbocycles. The standard InChI is InChI=1S/C23H24N4S/c1-17(22-21-10-6-5-9-20(21)11-14-24-22)25-26-23(28)27-15-12-19(13-16-27)18-7-3-2-4-8-18/h2-11,14,19H,12-13,15-16H2,1H3,(H,26,28)/b25-17+. The number of hydrazone groups is 1. The number of thiocarbonyl (C=S) groups is 1. The van der Waals surface area contributed by atoms with Crippen LogP contribution in [0.4, 0.5) is 0 Å². The summed E-state index contributed by atoms with van der Waals surface area (Å²) in [5, 5.41) is 7.46. The summed E-state index contributed by atoms with van der Waals surface area (Å²) in [4.78, 5) is 6.72. The van der Waals surface area contributed by atoms with Crippen molar-refractivity contribution in [2.24, 2.45) is 5.10 Å². The Balaban J connectivity index is 1.39. The van der Waals surface area contributed by atoms with Crippen LogP contribution in [0.25, 0.3) is 10.8 Å². The molecule has 2 aromatic carbocycles. The highest BCUT2D eigenvalue weighted by molar-refractivity contribution is 7.80. The molecule has 5 heteroatoms. The van der Waals surface area contributed by atoms with Crippen LogP contribution in [0.1, 0.15) is 36.9 Å². The summed E-state index contributed by atoms with van der Waals surface area (Å²) >= 11 is 5.58. The zero-order valence-electron chi connectivity index (χ0n) is 16.0. The second kappa shape index (κ2) is 8.48. The predicted octanol–water partition coefficient (Wildman–Crippen LogP) is 4.71. The molecule has 0 bridgehead atoms. The molecule has 0 radical (unpaired) electrons. The molecule has 1 N–H and O–H groups in total. The molecule has 2 heterocycles. The van der Waals surface area contributed by atoms with Gasteiger partial charge in [0.1, 0.15) is 0 Å². The van der Waals surface area contributed by atoms with Crippen molar-refractivity contribution < 1.29 is 0 Å².